The molecular formula is C15H16BrNO4. The van der Waals surface area contributed by atoms with Crippen molar-refractivity contribution in [2.24, 2.45) is 5.92 Å². The van der Waals surface area contributed by atoms with Gasteiger partial charge in [0, 0.05) is 19.0 Å². The highest BCUT2D eigenvalue weighted by Crippen LogP contribution is 2.29. The summed E-state index contributed by atoms with van der Waals surface area (Å²) in [6.45, 7) is 3.65. The summed E-state index contributed by atoms with van der Waals surface area (Å²) in [7, 11) is 1.56. The van der Waals surface area contributed by atoms with Crippen LogP contribution in [0.5, 0.6) is 0 Å². The normalized spacial score (nSPS) is 12.4. The average molecular weight is 354 g/mol. The predicted octanol–water partition coefficient (Wildman–Crippen LogP) is 3.30. The number of amides is 1. The Bertz CT molecular complexity index is 707. The minimum absolute atomic E-state index is 0.130. The molecule has 1 N–H and O–H groups in total. The molecule has 0 saturated carbocycles. The Kier molecular flexibility index (Phi) is 4.37. The van der Waals surface area contributed by atoms with Gasteiger partial charge in [0.1, 0.15) is 5.58 Å². The van der Waals surface area contributed by atoms with E-state index in [-0.39, 0.29) is 18.2 Å². The van der Waals surface area contributed by atoms with Crippen molar-refractivity contribution in [2.75, 3.05) is 13.6 Å². The molecule has 0 fully saturated rings. The number of carbonyl (C=O) groups is 2. The number of carboxylic acids is 1. The molecule has 1 heterocycles. The molecule has 1 atom stereocenters. The largest absolute Gasteiger partial charge is 0.481 e. The maximum absolute atomic E-state index is 12.3. The van der Waals surface area contributed by atoms with E-state index in [1.165, 1.54) is 4.90 Å². The Labute approximate surface area is 130 Å². The van der Waals surface area contributed by atoms with Gasteiger partial charge < -0.3 is 14.4 Å². The lowest BCUT2D eigenvalue weighted by Crippen LogP contribution is -2.33. The van der Waals surface area contributed by atoms with Crippen LogP contribution < -0.4 is 0 Å². The Morgan fingerprint density at radius 3 is 2.67 bits per heavy atom. The number of carboxylic acid groups (broad SMARTS) is 1. The summed E-state index contributed by atoms with van der Waals surface area (Å²) in [5, 5.41) is 9.73. The Morgan fingerprint density at radius 2 is 2.05 bits per heavy atom. The summed E-state index contributed by atoms with van der Waals surface area (Å²) >= 11 is 3.41. The standard InChI is InChI=1S/C15H16BrNO4/c1-8-4-10-6-12(21-13(10)11(16)5-8)14(18)17(3)7-9(2)15(19)20/h4-6,9H,7H2,1-3H3,(H,19,20). The number of aryl methyl sites for hydroxylation is 1. The highest BCUT2D eigenvalue weighted by molar-refractivity contribution is 9.10. The molecule has 21 heavy (non-hydrogen) atoms. The Balaban J connectivity index is 2.27. The van der Waals surface area contributed by atoms with Crippen LogP contribution in [0, 0.1) is 12.8 Å². The molecule has 2 rings (SSSR count). The van der Waals surface area contributed by atoms with E-state index in [4.69, 9.17) is 9.52 Å². The number of hydrogen-bond donors (Lipinski definition) is 1. The highest BCUT2D eigenvalue weighted by Gasteiger charge is 2.21. The summed E-state index contributed by atoms with van der Waals surface area (Å²) in [6.07, 6.45) is 0. The van der Waals surface area contributed by atoms with E-state index in [2.05, 4.69) is 15.9 Å². The van der Waals surface area contributed by atoms with Crippen molar-refractivity contribution in [3.8, 4) is 0 Å². The van der Waals surface area contributed by atoms with Gasteiger partial charge in [0.25, 0.3) is 5.91 Å². The molecule has 0 aliphatic rings. The zero-order chi connectivity index (χ0) is 15.7. The molecule has 0 aliphatic heterocycles. The number of rotatable bonds is 4. The van der Waals surface area contributed by atoms with Crippen molar-refractivity contribution in [1.82, 2.24) is 4.90 Å². The van der Waals surface area contributed by atoms with Crippen molar-refractivity contribution in [3.63, 3.8) is 0 Å². The van der Waals surface area contributed by atoms with Crippen molar-refractivity contribution in [2.45, 2.75) is 13.8 Å². The van der Waals surface area contributed by atoms with E-state index in [9.17, 15) is 9.59 Å². The summed E-state index contributed by atoms with van der Waals surface area (Å²) in [5.74, 6) is -1.69. The first kappa shape index (κ1) is 15.6. The zero-order valence-corrected chi connectivity index (χ0v) is 13.6. The Hall–Kier alpha value is -1.82. The average Bonchev–Trinajstić information content (AvgIpc) is 2.81. The third kappa shape index (κ3) is 3.26. The van der Waals surface area contributed by atoms with E-state index in [1.807, 2.05) is 19.1 Å². The number of hydrogen-bond acceptors (Lipinski definition) is 3. The van der Waals surface area contributed by atoms with Gasteiger partial charge in [0.05, 0.1) is 10.4 Å². The minimum Gasteiger partial charge on any atom is -0.481 e. The molecule has 1 unspecified atom stereocenters. The number of furan rings is 1. The first-order valence-electron chi connectivity index (χ1n) is 6.47. The van der Waals surface area contributed by atoms with Gasteiger partial charge in [-0.3, -0.25) is 9.59 Å². The Morgan fingerprint density at radius 1 is 1.38 bits per heavy atom. The SMILES string of the molecule is Cc1cc(Br)c2oc(C(=O)N(C)CC(C)C(=O)O)cc2c1. The summed E-state index contributed by atoms with van der Waals surface area (Å²) in [6, 6.07) is 5.52. The van der Waals surface area contributed by atoms with Gasteiger partial charge in [-0.05, 0) is 46.6 Å². The molecule has 1 aromatic carbocycles. The van der Waals surface area contributed by atoms with Gasteiger partial charge in [-0.15, -0.1) is 0 Å². The quantitative estimate of drug-likeness (QED) is 0.915. The first-order valence-corrected chi connectivity index (χ1v) is 7.27. The number of halogens is 1. The maximum Gasteiger partial charge on any atom is 0.308 e. The molecule has 112 valence electrons. The highest BCUT2D eigenvalue weighted by atomic mass is 79.9. The monoisotopic (exact) mass is 353 g/mol. The van der Waals surface area contributed by atoms with Gasteiger partial charge in [-0.25, -0.2) is 0 Å². The van der Waals surface area contributed by atoms with Crippen LogP contribution in [-0.4, -0.2) is 35.5 Å². The second-order valence-corrected chi connectivity index (χ2v) is 6.06. The maximum atomic E-state index is 12.3. The third-order valence-corrected chi connectivity index (χ3v) is 3.83. The zero-order valence-electron chi connectivity index (χ0n) is 12.0. The molecule has 1 amide bonds. The first-order chi connectivity index (χ1) is 9.79. The molecule has 6 heteroatoms. The van der Waals surface area contributed by atoms with E-state index >= 15 is 0 Å². The second-order valence-electron chi connectivity index (χ2n) is 5.20. The van der Waals surface area contributed by atoms with Crippen molar-refractivity contribution in [1.29, 1.82) is 0 Å². The number of aliphatic carboxylic acids is 1. The van der Waals surface area contributed by atoms with E-state index in [1.54, 1.807) is 20.0 Å². The van der Waals surface area contributed by atoms with Crippen LogP contribution in [0.3, 0.4) is 0 Å². The molecule has 0 spiro atoms. The number of nitrogens with zero attached hydrogens (tertiary/aromatic N) is 1. The summed E-state index contributed by atoms with van der Waals surface area (Å²) in [5.41, 5.74) is 1.67. The van der Waals surface area contributed by atoms with Crippen molar-refractivity contribution in [3.05, 3.63) is 34.0 Å². The molecular weight excluding hydrogens is 338 g/mol. The fourth-order valence-electron chi connectivity index (χ4n) is 2.12. The van der Waals surface area contributed by atoms with Crippen LogP contribution in [0.25, 0.3) is 11.0 Å². The number of benzene rings is 1. The van der Waals surface area contributed by atoms with Crippen LogP contribution in [0.2, 0.25) is 0 Å². The van der Waals surface area contributed by atoms with E-state index in [0.29, 0.717) is 5.58 Å². The van der Waals surface area contributed by atoms with Crippen molar-refractivity contribution < 1.29 is 19.1 Å². The molecule has 0 radical (unpaired) electrons. The van der Waals surface area contributed by atoms with Gasteiger partial charge in [-0.2, -0.15) is 0 Å². The fraction of sp³-hybridized carbons (Fsp3) is 0.333. The molecule has 1 aromatic heterocycles. The topological polar surface area (TPSA) is 70.8 Å². The molecule has 0 bridgehead atoms. The van der Waals surface area contributed by atoms with E-state index < -0.39 is 11.9 Å². The fourth-order valence-corrected chi connectivity index (χ4v) is 2.79. The number of carbonyl (C=O) groups excluding carboxylic acids is 1. The van der Waals surface area contributed by atoms with Crippen LogP contribution in [-0.2, 0) is 4.79 Å². The third-order valence-electron chi connectivity index (χ3n) is 3.24. The van der Waals surface area contributed by atoms with Gasteiger partial charge in [0.15, 0.2) is 5.76 Å². The lowest BCUT2D eigenvalue weighted by atomic mass is 10.1. The lowest BCUT2D eigenvalue weighted by Gasteiger charge is -2.17. The van der Waals surface area contributed by atoms with Gasteiger partial charge in [-0.1, -0.05) is 6.92 Å². The van der Waals surface area contributed by atoms with Gasteiger partial charge in [0.2, 0.25) is 0 Å². The van der Waals surface area contributed by atoms with Crippen LogP contribution in [0.15, 0.2) is 27.1 Å². The van der Waals surface area contributed by atoms with E-state index in [0.717, 1.165) is 15.4 Å². The van der Waals surface area contributed by atoms with Gasteiger partial charge >= 0.3 is 5.97 Å². The van der Waals surface area contributed by atoms with Crippen molar-refractivity contribution >= 4 is 38.8 Å². The van der Waals surface area contributed by atoms with Crippen LogP contribution in [0.4, 0.5) is 0 Å². The van der Waals surface area contributed by atoms with Crippen LogP contribution in [0.1, 0.15) is 23.0 Å². The van der Waals surface area contributed by atoms with Crippen LogP contribution >= 0.6 is 15.9 Å². The summed E-state index contributed by atoms with van der Waals surface area (Å²) in [4.78, 5) is 24.5. The second kappa shape index (κ2) is 5.89. The smallest absolute Gasteiger partial charge is 0.308 e. The predicted molar refractivity (Wildman–Crippen MR) is 82.4 cm³/mol. The molecule has 5 nitrogen and oxygen atoms in total. The lowest BCUT2D eigenvalue weighted by molar-refractivity contribution is -0.141. The molecule has 0 aliphatic carbocycles. The molecule has 0 saturated heterocycles. The summed E-state index contributed by atoms with van der Waals surface area (Å²) < 4.78 is 6.38. The number of fused-ring (bicyclic) bond motifs is 1. The minimum atomic E-state index is -0.933. The molecule has 2 aromatic rings.